The monoisotopic (exact) mass is 290 g/mol. The van der Waals surface area contributed by atoms with Crippen LogP contribution in [0.25, 0.3) is 5.65 Å². The van der Waals surface area contributed by atoms with Crippen molar-refractivity contribution < 1.29 is 9.90 Å². The zero-order chi connectivity index (χ0) is 14.7. The van der Waals surface area contributed by atoms with E-state index in [2.05, 4.69) is 25.9 Å². The number of fused-ring (bicyclic) bond motifs is 1. The van der Waals surface area contributed by atoms with Crippen LogP contribution in [-0.2, 0) is 4.79 Å². The highest BCUT2D eigenvalue weighted by Crippen LogP contribution is 2.35. The van der Waals surface area contributed by atoms with E-state index >= 15 is 0 Å². The van der Waals surface area contributed by atoms with Gasteiger partial charge in [0.2, 0.25) is 0 Å². The number of rotatable bonds is 4. The zero-order valence-corrected chi connectivity index (χ0v) is 11.7. The van der Waals surface area contributed by atoms with Crippen molar-refractivity contribution in [2.75, 3.05) is 11.9 Å². The molecule has 0 bridgehead atoms. The molecule has 0 aromatic carbocycles. The lowest BCUT2D eigenvalue weighted by Gasteiger charge is -2.28. The summed E-state index contributed by atoms with van der Waals surface area (Å²) in [4.78, 5) is 11.7. The van der Waals surface area contributed by atoms with Crippen molar-refractivity contribution >= 4 is 17.4 Å². The van der Waals surface area contributed by atoms with Gasteiger partial charge in [-0.2, -0.15) is 0 Å². The minimum absolute atomic E-state index is 0.378. The van der Waals surface area contributed by atoms with E-state index in [9.17, 15) is 9.90 Å². The van der Waals surface area contributed by atoms with E-state index in [1.165, 1.54) is 4.63 Å². The van der Waals surface area contributed by atoms with Crippen LogP contribution < -0.4 is 5.32 Å². The maximum Gasteiger partial charge on any atom is 0.311 e. The molecular formula is C13H18N6O2. The normalized spacial score (nSPS) is 18.3. The molecule has 1 aliphatic carbocycles. The number of tetrazole rings is 1. The molecule has 1 saturated carbocycles. The van der Waals surface area contributed by atoms with Crippen molar-refractivity contribution in [2.45, 2.75) is 38.5 Å². The van der Waals surface area contributed by atoms with Crippen molar-refractivity contribution in [1.29, 1.82) is 0 Å². The van der Waals surface area contributed by atoms with Gasteiger partial charge in [0.05, 0.1) is 5.41 Å². The Bertz CT molecular complexity index is 632. The molecule has 0 aliphatic heterocycles. The van der Waals surface area contributed by atoms with Gasteiger partial charge in [0.25, 0.3) is 0 Å². The summed E-state index contributed by atoms with van der Waals surface area (Å²) in [7, 11) is 0. The minimum atomic E-state index is -0.722. The highest BCUT2D eigenvalue weighted by molar-refractivity contribution is 5.75. The fourth-order valence-corrected chi connectivity index (χ4v) is 2.88. The standard InChI is InChI=1S/C13H18N6O2/c20-12(21)13(7-3-1-2-4-8-13)9-14-10-5-6-11-15-17-18-19(11)16-10/h5-6H,1-4,7-9H2,(H,14,16)(H,20,21). The van der Waals surface area contributed by atoms with Crippen LogP contribution in [0.2, 0.25) is 0 Å². The van der Waals surface area contributed by atoms with Gasteiger partial charge < -0.3 is 10.4 Å². The first kappa shape index (κ1) is 13.7. The smallest absolute Gasteiger partial charge is 0.311 e. The molecule has 0 radical (unpaired) electrons. The van der Waals surface area contributed by atoms with Crippen LogP contribution in [0.1, 0.15) is 38.5 Å². The first-order valence-electron chi connectivity index (χ1n) is 7.22. The molecule has 8 nitrogen and oxygen atoms in total. The van der Waals surface area contributed by atoms with Crippen molar-refractivity contribution in [3.8, 4) is 0 Å². The lowest BCUT2D eigenvalue weighted by atomic mass is 9.80. The molecule has 2 N–H and O–H groups in total. The number of carbonyl (C=O) groups is 1. The van der Waals surface area contributed by atoms with Crippen LogP contribution in [-0.4, -0.2) is 42.9 Å². The van der Waals surface area contributed by atoms with Gasteiger partial charge in [0.1, 0.15) is 5.82 Å². The molecule has 0 amide bonds. The maximum atomic E-state index is 11.7. The molecular weight excluding hydrogens is 272 g/mol. The Hall–Kier alpha value is -2.25. The summed E-state index contributed by atoms with van der Waals surface area (Å²) < 4.78 is 1.32. The molecule has 21 heavy (non-hydrogen) atoms. The molecule has 3 rings (SSSR count). The van der Waals surface area contributed by atoms with E-state index < -0.39 is 11.4 Å². The SMILES string of the molecule is O=C(O)C1(CNc2ccc3nnnn3n2)CCCCCC1. The average molecular weight is 290 g/mol. The highest BCUT2D eigenvalue weighted by Gasteiger charge is 2.38. The second-order valence-electron chi connectivity index (χ2n) is 5.60. The summed E-state index contributed by atoms with van der Waals surface area (Å²) in [5.41, 5.74) is -0.142. The Balaban J connectivity index is 1.75. The summed E-state index contributed by atoms with van der Waals surface area (Å²) in [5.74, 6) is -0.139. The summed E-state index contributed by atoms with van der Waals surface area (Å²) in [6, 6.07) is 3.51. The third-order valence-corrected chi connectivity index (χ3v) is 4.19. The van der Waals surface area contributed by atoms with Gasteiger partial charge in [-0.1, -0.05) is 25.7 Å². The summed E-state index contributed by atoms with van der Waals surface area (Å²) in [6.07, 6.45) is 5.58. The number of carboxylic acid groups (broad SMARTS) is 1. The first-order valence-corrected chi connectivity index (χ1v) is 7.22. The molecule has 0 saturated heterocycles. The summed E-state index contributed by atoms with van der Waals surface area (Å²) >= 11 is 0. The molecule has 2 aromatic rings. The van der Waals surface area contributed by atoms with Crippen LogP contribution >= 0.6 is 0 Å². The fourth-order valence-electron chi connectivity index (χ4n) is 2.88. The molecule has 0 unspecified atom stereocenters. The number of hydrogen-bond donors (Lipinski definition) is 2. The number of aliphatic carboxylic acids is 1. The van der Waals surface area contributed by atoms with E-state index in [1.54, 1.807) is 12.1 Å². The van der Waals surface area contributed by atoms with Gasteiger partial charge in [-0.25, -0.2) is 0 Å². The van der Waals surface area contributed by atoms with Gasteiger partial charge in [0.15, 0.2) is 5.65 Å². The van der Waals surface area contributed by atoms with E-state index in [0.717, 1.165) is 25.7 Å². The third-order valence-electron chi connectivity index (χ3n) is 4.19. The van der Waals surface area contributed by atoms with E-state index in [4.69, 9.17) is 0 Å². The summed E-state index contributed by atoms with van der Waals surface area (Å²) in [6.45, 7) is 0.378. The fraction of sp³-hybridized carbons (Fsp3) is 0.615. The molecule has 0 spiro atoms. The molecule has 0 atom stereocenters. The van der Waals surface area contributed by atoms with Crippen LogP contribution in [0.5, 0.6) is 0 Å². The van der Waals surface area contributed by atoms with Gasteiger partial charge in [0, 0.05) is 6.54 Å². The van der Waals surface area contributed by atoms with Crippen molar-refractivity contribution in [3.05, 3.63) is 12.1 Å². The number of hydrogen-bond acceptors (Lipinski definition) is 6. The van der Waals surface area contributed by atoms with Crippen LogP contribution in [0, 0.1) is 5.41 Å². The van der Waals surface area contributed by atoms with Crippen LogP contribution in [0.3, 0.4) is 0 Å². The predicted molar refractivity (Wildman–Crippen MR) is 74.8 cm³/mol. The molecule has 112 valence electrons. The van der Waals surface area contributed by atoms with Gasteiger partial charge >= 0.3 is 5.97 Å². The van der Waals surface area contributed by atoms with Crippen molar-refractivity contribution in [3.63, 3.8) is 0 Å². The van der Waals surface area contributed by atoms with E-state index in [0.29, 0.717) is 30.9 Å². The zero-order valence-electron chi connectivity index (χ0n) is 11.7. The number of anilines is 1. The summed E-state index contributed by atoms with van der Waals surface area (Å²) in [5, 5.41) is 28.0. The number of aromatic nitrogens is 5. The largest absolute Gasteiger partial charge is 0.481 e. The van der Waals surface area contributed by atoms with E-state index in [-0.39, 0.29) is 0 Å². The van der Waals surface area contributed by atoms with Gasteiger partial charge in [-0.3, -0.25) is 4.79 Å². The Morgan fingerprint density at radius 1 is 1.29 bits per heavy atom. The minimum Gasteiger partial charge on any atom is -0.481 e. The molecule has 1 aliphatic rings. The number of nitrogens with one attached hydrogen (secondary N) is 1. The number of carboxylic acids is 1. The number of nitrogens with zero attached hydrogens (tertiary/aromatic N) is 5. The lowest BCUT2D eigenvalue weighted by Crippen LogP contribution is -2.37. The van der Waals surface area contributed by atoms with Gasteiger partial charge in [-0.15, -0.1) is 14.8 Å². The molecule has 8 heteroatoms. The highest BCUT2D eigenvalue weighted by atomic mass is 16.4. The Morgan fingerprint density at radius 2 is 2.05 bits per heavy atom. The Morgan fingerprint density at radius 3 is 2.76 bits per heavy atom. The maximum absolute atomic E-state index is 11.7. The molecule has 2 aromatic heterocycles. The quantitative estimate of drug-likeness (QED) is 0.819. The first-order chi connectivity index (χ1) is 10.2. The second-order valence-corrected chi connectivity index (χ2v) is 5.60. The molecule has 2 heterocycles. The van der Waals surface area contributed by atoms with Crippen molar-refractivity contribution in [2.24, 2.45) is 5.41 Å². The topological polar surface area (TPSA) is 105 Å². The van der Waals surface area contributed by atoms with Crippen LogP contribution in [0.4, 0.5) is 5.82 Å². The second kappa shape index (κ2) is 5.63. The Labute approximate surface area is 121 Å². The average Bonchev–Trinajstić information content (AvgIpc) is 2.81. The van der Waals surface area contributed by atoms with Gasteiger partial charge in [-0.05, 0) is 35.4 Å². The Kier molecular flexibility index (Phi) is 3.68. The van der Waals surface area contributed by atoms with E-state index in [1.807, 2.05) is 0 Å². The predicted octanol–water partition coefficient (Wildman–Crippen LogP) is 1.36. The van der Waals surface area contributed by atoms with Crippen molar-refractivity contribution in [1.82, 2.24) is 25.3 Å². The molecule has 1 fully saturated rings. The third kappa shape index (κ3) is 2.79. The van der Waals surface area contributed by atoms with Crippen LogP contribution in [0.15, 0.2) is 12.1 Å². The lowest BCUT2D eigenvalue weighted by molar-refractivity contribution is -0.149.